The first-order valence-electron chi connectivity index (χ1n) is 10.3. The van der Waals surface area contributed by atoms with Crippen molar-refractivity contribution < 1.29 is 29.0 Å². The lowest BCUT2D eigenvalue weighted by Crippen LogP contribution is -2.52. The Hall–Kier alpha value is -3.39. The van der Waals surface area contributed by atoms with Crippen LogP contribution in [0.3, 0.4) is 0 Å². The fourth-order valence-electron chi connectivity index (χ4n) is 3.81. The third-order valence-electron chi connectivity index (χ3n) is 6.00. The van der Waals surface area contributed by atoms with Crippen LogP contribution in [-0.4, -0.2) is 38.1 Å². The fourth-order valence-corrected chi connectivity index (χ4v) is 4.00. The van der Waals surface area contributed by atoms with E-state index in [-0.39, 0.29) is 17.5 Å². The first-order chi connectivity index (χ1) is 15.4. The zero-order chi connectivity index (χ0) is 24.7. The predicted molar refractivity (Wildman–Crippen MR) is 122 cm³/mol. The molecule has 7 nitrogen and oxygen atoms in total. The van der Waals surface area contributed by atoms with Crippen molar-refractivity contribution in [3.8, 4) is 5.75 Å². The average molecular weight is 475 g/mol. The first kappa shape index (κ1) is 24.3. The van der Waals surface area contributed by atoms with E-state index in [2.05, 4.69) is 5.32 Å². The van der Waals surface area contributed by atoms with Crippen LogP contribution < -0.4 is 5.32 Å². The molecule has 1 unspecified atom stereocenters. The highest BCUT2D eigenvalue weighted by Gasteiger charge is 2.36. The van der Waals surface area contributed by atoms with Gasteiger partial charge in [0.1, 0.15) is 5.54 Å². The summed E-state index contributed by atoms with van der Waals surface area (Å²) >= 11 is 6.02. The van der Waals surface area contributed by atoms with Crippen molar-refractivity contribution >= 4 is 40.3 Å². The van der Waals surface area contributed by atoms with Crippen molar-refractivity contribution in [1.82, 2.24) is 9.88 Å². The summed E-state index contributed by atoms with van der Waals surface area (Å²) in [4.78, 5) is 38.0. The molecule has 0 aliphatic carbocycles. The largest absolute Gasteiger partial charge is 0.505 e. The normalized spacial score (nSPS) is 14.0. The van der Waals surface area contributed by atoms with Gasteiger partial charge in [0.05, 0.1) is 11.4 Å². The van der Waals surface area contributed by atoms with E-state index in [0.29, 0.717) is 21.7 Å². The van der Waals surface area contributed by atoms with Crippen LogP contribution >= 0.6 is 11.6 Å². The summed E-state index contributed by atoms with van der Waals surface area (Å²) in [5, 5.41) is 22.7. The van der Waals surface area contributed by atoms with Crippen LogP contribution in [0.15, 0.2) is 36.4 Å². The predicted octanol–water partition coefficient (Wildman–Crippen LogP) is 4.61. The minimum atomic E-state index is -1.48. The number of aliphatic carboxylic acids is 1. The molecule has 33 heavy (non-hydrogen) atoms. The Morgan fingerprint density at radius 1 is 1.24 bits per heavy atom. The number of phenols is 1. The number of carboxylic acid groups (broad SMARTS) is 1. The van der Waals surface area contributed by atoms with Gasteiger partial charge in [0, 0.05) is 27.7 Å². The second kappa shape index (κ2) is 8.86. The Bertz CT molecular complexity index is 1290. The molecule has 174 valence electrons. The van der Waals surface area contributed by atoms with Crippen LogP contribution in [-0.2, 0) is 9.59 Å². The van der Waals surface area contributed by atoms with E-state index in [1.807, 2.05) is 0 Å². The number of nitrogens with one attached hydrogen (secondary N) is 1. The van der Waals surface area contributed by atoms with Crippen LogP contribution in [0.4, 0.5) is 4.39 Å². The van der Waals surface area contributed by atoms with E-state index in [0.717, 1.165) is 12.1 Å². The monoisotopic (exact) mass is 474 g/mol. The highest BCUT2D eigenvalue weighted by Crippen LogP contribution is 2.36. The first-order valence-corrected chi connectivity index (χ1v) is 10.7. The summed E-state index contributed by atoms with van der Waals surface area (Å²) in [7, 11) is 0. The van der Waals surface area contributed by atoms with Crippen LogP contribution in [0.1, 0.15) is 54.7 Å². The Balaban J connectivity index is 2.19. The molecule has 0 aliphatic heterocycles. The van der Waals surface area contributed by atoms with E-state index in [9.17, 15) is 29.0 Å². The quantitative estimate of drug-likeness (QED) is 0.483. The maximum atomic E-state index is 14.3. The number of aromatic nitrogens is 1. The average Bonchev–Trinajstić information content (AvgIpc) is 3.03. The van der Waals surface area contributed by atoms with Gasteiger partial charge in [0.2, 0.25) is 5.91 Å². The topological polar surface area (TPSA) is 109 Å². The molecule has 2 aromatic carbocycles. The summed E-state index contributed by atoms with van der Waals surface area (Å²) in [6.45, 7) is 6.21. The minimum absolute atomic E-state index is 0.154. The highest BCUT2D eigenvalue weighted by atomic mass is 35.5. The van der Waals surface area contributed by atoms with E-state index >= 15 is 0 Å². The van der Waals surface area contributed by atoms with Crippen molar-refractivity contribution in [3.63, 3.8) is 0 Å². The van der Waals surface area contributed by atoms with Gasteiger partial charge in [0.15, 0.2) is 11.6 Å². The molecule has 2 atom stereocenters. The molecule has 1 aromatic heterocycles. The molecule has 3 rings (SSSR count). The van der Waals surface area contributed by atoms with Crippen LogP contribution in [0.2, 0.25) is 5.02 Å². The number of carbonyl (C=O) groups is 3. The number of halogens is 2. The smallest absolute Gasteiger partial charge is 0.329 e. The summed E-state index contributed by atoms with van der Waals surface area (Å²) in [6.07, 6.45) is 0.154. The molecule has 0 radical (unpaired) electrons. The summed E-state index contributed by atoms with van der Waals surface area (Å²) in [5.74, 6) is -4.71. The molecule has 1 heterocycles. The molecule has 0 spiro atoms. The second-order valence-corrected chi connectivity index (χ2v) is 8.61. The van der Waals surface area contributed by atoms with Crippen LogP contribution in [0.25, 0.3) is 10.9 Å². The molecule has 1 amide bonds. The number of amides is 1. The van der Waals surface area contributed by atoms with Crippen LogP contribution in [0, 0.1) is 12.7 Å². The number of carbonyl (C=O) groups excluding carboxylic acids is 2. The molecule has 3 aromatic rings. The van der Waals surface area contributed by atoms with Crippen molar-refractivity contribution in [2.75, 3.05) is 0 Å². The number of carboxylic acids is 1. The number of fused-ring (bicyclic) bond motifs is 1. The maximum absolute atomic E-state index is 14.3. The van der Waals surface area contributed by atoms with Gasteiger partial charge in [-0.3, -0.25) is 14.2 Å². The number of hydrogen-bond acceptors (Lipinski definition) is 4. The van der Waals surface area contributed by atoms with Crippen molar-refractivity contribution in [3.05, 3.63) is 64.1 Å². The number of nitrogens with zero attached hydrogens (tertiary/aromatic N) is 1. The number of rotatable bonds is 6. The van der Waals surface area contributed by atoms with Gasteiger partial charge < -0.3 is 15.5 Å². The Labute approximate surface area is 194 Å². The van der Waals surface area contributed by atoms with Gasteiger partial charge in [-0.25, -0.2) is 9.18 Å². The number of phenolic OH excluding ortho intramolecular Hbond substituents is 1. The van der Waals surface area contributed by atoms with Gasteiger partial charge in [0.25, 0.3) is 5.91 Å². The molecular formula is C24H24ClFN2O5. The summed E-state index contributed by atoms with van der Waals surface area (Å²) in [5.41, 5.74) is -0.334. The van der Waals surface area contributed by atoms with E-state index in [1.165, 1.54) is 17.6 Å². The number of hydrogen-bond donors (Lipinski definition) is 3. The SMILES string of the molecule is CCC(C)(NC(=O)[C@H](C)c1c(C)n(C(=O)c2cccc(Cl)c2)c2cc(F)c(O)cc12)C(=O)O. The lowest BCUT2D eigenvalue weighted by atomic mass is 9.93. The van der Waals surface area contributed by atoms with E-state index in [4.69, 9.17) is 11.6 Å². The Kier molecular flexibility index (Phi) is 6.51. The van der Waals surface area contributed by atoms with Gasteiger partial charge in [-0.05, 0) is 57.0 Å². The standard InChI is InChI=1S/C24H24ClFN2O5/c1-5-24(4,23(32)33)27-21(30)12(2)20-13(3)28(18-11-17(26)19(29)10-16(18)20)22(31)14-7-6-8-15(25)9-14/h6-12,29H,5H2,1-4H3,(H,27,30)(H,32,33)/t12-,24?/m1/s1. The summed E-state index contributed by atoms with van der Waals surface area (Å²) < 4.78 is 15.5. The third-order valence-corrected chi connectivity index (χ3v) is 6.24. The van der Waals surface area contributed by atoms with Crippen molar-refractivity contribution in [1.29, 1.82) is 0 Å². The molecule has 0 fully saturated rings. The maximum Gasteiger partial charge on any atom is 0.329 e. The molecule has 0 saturated heterocycles. The Morgan fingerprint density at radius 3 is 2.48 bits per heavy atom. The fraction of sp³-hybridized carbons (Fsp3) is 0.292. The molecule has 3 N–H and O–H groups in total. The van der Waals surface area contributed by atoms with Crippen molar-refractivity contribution in [2.24, 2.45) is 0 Å². The third kappa shape index (κ3) is 4.30. The zero-order valence-corrected chi connectivity index (χ0v) is 19.3. The minimum Gasteiger partial charge on any atom is -0.505 e. The lowest BCUT2D eigenvalue weighted by molar-refractivity contribution is -0.147. The lowest BCUT2D eigenvalue weighted by Gasteiger charge is -2.26. The van der Waals surface area contributed by atoms with Gasteiger partial charge >= 0.3 is 5.97 Å². The van der Waals surface area contributed by atoms with Gasteiger partial charge in [-0.1, -0.05) is 24.6 Å². The molecule has 0 aliphatic rings. The van der Waals surface area contributed by atoms with Gasteiger partial charge in [-0.15, -0.1) is 0 Å². The van der Waals surface area contributed by atoms with Gasteiger partial charge in [-0.2, -0.15) is 0 Å². The van der Waals surface area contributed by atoms with Crippen molar-refractivity contribution in [2.45, 2.75) is 45.6 Å². The second-order valence-electron chi connectivity index (χ2n) is 8.17. The highest BCUT2D eigenvalue weighted by molar-refractivity contribution is 6.31. The Morgan fingerprint density at radius 2 is 1.91 bits per heavy atom. The molecule has 0 bridgehead atoms. The summed E-state index contributed by atoms with van der Waals surface area (Å²) in [6, 6.07) is 8.45. The number of benzene rings is 2. The molecular weight excluding hydrogens is 451 g/mol. The zero-order valence-electron chi connectivity index (χ0n) is 18.6. The molecule has 9 heteroatoms. The number of aromatic hydroxyl groups is 1. The van der Waals surface area contributed by atoms with Crippen LogP contribution in [0.5, 0.6) is 5.75 Å². The molecule has 0 saturated carbocycles. The van der Waals surface area contributed by atoms with E-state index in [1.54, 1.807) is 39.0 Å². The van der Waals surface area contributed by atoms with E-state index < -0.39 is 40.8 Å².